The summed E-state index contributed by atoms with van der Waals surface area (Å²) in [4.78, 5) is 42.4. The molecule has 0 atom stereocenters. The molecular formula is C23H24N2O4. The molecule has 29 heavy (non-hydrogen) atoms. The van der Waals surface area contributed by atoms with E-state index >= 15 is 0 Å². The Bertz CT molecular complexity index is 1010. The third-order valence-corrected chi connectivity index (χ3v) is 5.82. The normalized spacial score (nSPS) is 18.1. The number of rotatable bonds is 3. The number of nitrogens with zero attached hydrogens (tertiary/aromatic N) is 2. The van der Waals surface area contributed by atoms with Gasteiger partial charge in [-0.05, 0) is 19.3 Å². The second-order valence-electron chi connectivity index (χ2n) is 7.75. The van der Waals surface area contributed by atoms with E-state index in [1.165, 1.54) is 6.20 Å². The minimum atomic E-state index is -0.527. The Morgan fingerprint density at radius 1 is 0.931 bits per heavy atom. The number of carbonyl (C=O) groups is 2. The molecule has 1 N–H and O–H groups in total. The maximum Gasteiger partial charge on any atom is 0.265 e. The third-order valence-electron chi connectivity index (χ3n) is 5.82. The average Bonchev–Trinajstić information content (AvgIpc) is 2.74. The maximum atomic E-state index is 13.5. The Hall–Kier alpha value is -3.02. The van der Waals surface area contributed by atoms with Crippen molar-refractivity contribution in [2.45, 2.75) is 57.4 Å². The van der Waals surface area contributed by atoms with Gasteiger partial charge in [0.2, 0.25) is 0 Å². The van der Waals surface area contributed by atoms with Gasteiger partial charge in [-0.1, -0.05) is 49.6 Å². The molecule has 2 aliphatic rings. The average molecular weight is 392 g/mol. The van der Waals surface area contributed by atoms with E-state index in [0.717, 1.165) is 37.7 Å². The van der Waals surface area contributed by atoms with Gasteiger partial charge in [-0.25, -0.2) is 4.98 Å². The van der Waals surface area contributed by atoms with E-state index in [1.54, 1.807) is 4.57 Å². The lowest BCUT2D eigenvalue weighted by atomic mass is 9.90. The van der Waals surface area contributed by atoms with Crippen LogP contribution in [0.2, 0.25) is 0 Å². The van der Waals surface area contributed by atoms with Gasteiger partial charge in [-0.3, -0.25) is 19.0 Å². The standard InChI is InChI=1S/C23H24N2O4/c26-18-12-7-13-19(27)20(18)21(28)17-14-24-22(15-8-3-1-4-9-15)25(23(17)29)16-10-5-2-6-11-16/h1,3-4,8-9,14,16,28H,2,5-7,10-13H2. The molecule has 0 unspecified atom stereocenters. The second kappa shape index (κ2) is 8.15. The maximum absolute atomic E-state index is 13.5. The van der Waals surface area contributed by atoms with Crippen LogP contribution in [0.15, 0.2) is 46.9 Å². The molecule has 0 saturated heterocycles. The zero-order chi connectivity index (χ0) is 20.4. The van der Waals surface area contributed by atoms with Crippen molar-refractivity contribution in [3.8, 4) is 11.4 Å². The van der Waals surface area contributed by atoms with Crippen LogP contribution < -0.4 is 5.56 Å². The highest BCUT2D eigenvalue weighted by atomic mass is 16.3. The van der Waals surface area contributed by atoms with Crippen molar-refractivity contribution in [2.24, 2.45) is 0 Å². The molecule has 0 aliphatic heterocycles. The smallest absolute Gasteiger partial charge is 0.265 e. The Labute approximate surface area is 168 Å². The number of ketones is 2. The second-order valence-corrected chi connectivity index (χ2v) is 7.75. The molecular weight excluding hydrogens is 368 g/mol. The van der Waals surface area contributed by atoms with Crippen molar-refractivity contribution < 1.29 is 14.7 Å². The van der Waals surface area contributed by atoms with Crippen LogP contribution in [0.1, 0.15) is 63.0 Å². The number of aliphatic hydroxyl groups excluding tert-OH is 1. The summed E-state index contributed by atoms with van der Waals surface area (Å²) in [5, 5.41) is 10.7. The summed E-state index contributed by atoms with van der Waals surface area (Å²) in [5.74, 6) is -0.796. The van der Waals surface area contributed by atoms with Crippen LogP contribution in [0, 0.1) is 0 Å². The molecule has 1 heterocycles. The summed E-state index contributed by atoms with van der Waals surface area (Å²) in [6, 6.07) is 9.45. The van der Waals surface area contributed by atoms with E-state index in [1.807, 2.05) is 30.3 Å². The van der Waals surface area contributed by atoms with Gasteiger partial charge in [0.25, 0.3) is 5.56 Å². The van der Waals surface area contributed by atoms with Gasteiger partial charge in [0.1, 0.15) is 22.7 Å². The first-order chi connectivity index (χ1) is 14.1. The SMILES string of the molecule is O=C1CCCC(=O)C1=C(O)c1cnc(-c2ccccc2)n(C2CCCCC2)c1=O. The molecule has 2 aromatic rings. The number of aromatic nitrogens is 2. The Balaban J connectivity index is 1.90. The van der Waals surface area contributed by atoms with Gasteiger partial charge >= 0.3 is 0 Å². The Morgan fingerprint density at radius 2 is 1.59 bits per heavy atom. The minimum absolute atomic E-state index is 0.0190. The van der Waals surface area contributed by atoms with Crippen molar-refractivity contribution in [3.63, 3.8) is 0 Å². The fraction of sp³-hybridized carbons (Fsp3) is 0.391. The summed E-state index contributed by atoms with van der Waals surface area (Å²) >= 11 is 0. The topological polar surface area (TPSA) is 89.3 Å². The van der Waals surface area contributed by atoms with Crippen molar-refractivity contribution in [1.82, 2.24) is 9.55 Å². The van der Waals surface area contributed by atoms with Gasteiger partial charge in [0.15, 0.2) is 11.6 Å². The van der Waals surface area contributed by atoms with Gasteiger partial charge in [0, 0.05) is 30.6 Å². The Kier molecular flexibility index (Phi) is 5.43. The zero-order valence-corrected chi connectivity index (χ0v) is 16.3. The molecule has 2 fully saturated rings. The van der Waals surface area contributed by atoms with E-state index in [-0.39, 0.29) is 30.0 Å². The molecule has 0 bridgehead atoms. The fourth-order valence-electron chi connectivity index (χ4n) is 4.32. The van der Waals surface area contributed by atoms with E-state index in [9.17, 15) is 19.5 Å². The summed E-state index contributed by atoms with van der Waals surface area (Å²) in [7, 11) is 0. The molecule has 2 aliphatic carbocycles. The van der Waals surface area contributed by atoms with Crippen LogP contribution in [0.5, 0.6) is 0 Å². The largest absolute Gasteiger partial charge is 0.506 e. The van der Waals surface area contributed by atoms with Gasteiger partial charge in [0.05, 0.1) is 0 Å². The van der Waals surface area contributed by atoms with Crippen LogP contribution in [0.4, 0.5) is 0 Å². The number of hydrogen-bond donors (Lipinski definition) is 1. The van der Waals surface area contributed by atoms with Crippen LogP contribution in [-0.2, 0) is 9.59 Å². The minimum Gasteiger partial charge on any atom is -0.506 e. The molecule has 1 aromatic heterocycles. The lowest BCUT2D eigenvalue weighted by Gasteiger charge is -2.26. The number of Topliss-reactive ketones (excluding diaryl/α,β-unsaturated/α-hetero) is 2. The first-order valence-electron chi connectivity index (χ1n) is 10.2. The predicted molar refractivity (Wildman–Crippen MR) is 109 cm³/mol. The van der Waals surface area contributed by atoms with Crippen LogP contribution in [-0.4, -0.2) is 26.2 Å². The van der Waals surface area contributed by atoms with Crippen molar-refractivity contribution in [1.29, 1.82) is 0 Å². The number of carbonyl (C=O) groups excluding carboxylic acids is 2. The van der Waals surface area contributed by atoms with Crippen molar-refractivity contribution >= 4 is 17.3 Å². The summed E-state index contributed by atoms with van der Waals surface area (Å²) < 4.78 is 1.65. The molecule has 1 aromatic carbocycles. The number of aliphatic hydroxyl groups is 1. The van der Waals surface area contributed by atoms with Crippen LogP contribution in [0.25, 0.3) is 17.1 Å². The lowest BCUT2D eigenvalue weighted by molar-refractivity contribution is -0.123. The molecule has 6 heteroatoms. The first-order valence-corrected chi connectivity index (χ1v) is 10.2. The van der Waals surface area contributed by atoms with Gasteiger partial charge in [-0.2, -0.15) is 0 Å². The summed E-state index contributed by atoms with van der Waals surface area (Å²) in [5.41, 5.74) is 0.0901. The van der Waals surface area contributed by atoms with Gasteiger partial charge < -0.3 is 5.11 Å². The highest BCUT2D eigenvalue weighted by Crippen LogP contribution is 2.31. The highest BCUT2D eigenvalue weighted by Gasteiger charge is 2.30. The molecule has 0 radical (unpaired) electrons. The number of hydrogen-bond acceptors (Lipinski definition) is 5. The van der Waals surface area contributed by atoms with Gasteiger partial charge in [-0.15, -0.1) is 0 Å². The fourth-order valence-corrected chi connectivity index (χ4v) is 4.32. The summed E-state index contributed by atoms with van der Waals surface area (Å²) in [6.45, 7) is 0. The predicted octanol–water partition coefficient (Wildman–Crippen LogP) is 4.01. The quantitative estimate of drug-likeness (QED) is 0.484. The van der Waals surface area contributed by atoms with Crippen LogP contribution >= 0.6 is 0 Å². The van der Waals surface area contributed by atoms with Crippen molar-refractivity contribution in [2.75, 3.05) is 0 Å². The number of allylic oxidation sites excluding steroid dienone is 1. The molecule has 150 valence electrons. The zero-order valence-electron chi connectivity index (χ0n) is 16.3. The molecule has 2 saturated carbocycles. The first kappa shape index (κ1) is 19.3. The Morgan fingerprint density at radius 3 is 2.24 bits per heavy atom. The van der Waals surface area contributed by atoms with Crippen molar-refractivity contribution in [3.05, 3.63) is 58.0 Å². The molecule has 4 rings (SSSR count). The highest BCUT2D eigenvalue weighted by molar-refractivity contribution is 6.25. The number of benzene rings is 1. The lowest BCUT2D eigenvalue weighted by Crippen LogP contribution is -2.32. The van der Waals surface area contributed by atoms with E-state index < -0.39 is 22.9 Å². The monoisotopic (exact) mass is 392 g/mol. The molecule has 0 amide bonds. The summed E-state index contributed by atoms with van der Waals surface area (Å²) in [6.07, 6.45) is 7.10. The third kappa shape index (κ3) is 3.67. The van der Waals surface area contributed by atoms with E-state index in [4.69, 9.17) is 0 Å². The molecule has 0 spiro atoms. The van der Waals surface area contributed by atoms with E-state index in [0.29, 0.717) is 12.2 Å². The van der Waals surface area contributed by atoms with E-state index in [2.05, 4.69) is 4.98 Å². The molecule has 6 nitrogen and oxygen atoms in total. The van der Waals surface area contributed by atoms with Crippen LogP contribution in [0.3, 0.4) is 0 Å².